The van der Waals surface area contributed by atoms with E-state index < -0.39 is 6.10 Å². The fraction of sp³-hybridized carbons (Fsp3) is 0.720. The fourth-order valence-electron chi connectivity index (χ4n) is 9.62. The molecule has 0 radical (unpaired) electrons. The Morgan fingerprint density at radius 3 is 0.790 bits per heavy atom. The summed E-state index contributed by atoms with van der Waals surface area (Å²) in [6.07, 6.45) is 94.0. The summed E-state index contributed by atoms with van der Waals surface area (Å²) in [6, 6.07) is 0. The summed E-state index contributed by atoms with van der Waals surface area (Å²) in [6.45, 7) is 6.50. The molecule has 0 N–H and O–H groups in total. The molecule has 1 atom stereocenters. The van der Waals surface area contributed by atoms with Gasteiger partial charge in [-0.2, -0.15) is 0 Å². The van der Waals surface area contributed by atoms with Crippen LogP contribution in [0.3, 0.4) is 0 Å². The minimum Gasteiger partial charge on any atom is -0.462 e. The molecular formula is C75H128O6. The van der Waals surface area contributed by atoms with Crippen LogP contribution in [-0.4, -0.2) is 37.2 Å². The highest BCUT2D eigenvalue weighted by Crippen LogP contribution is 2.17. The zero-order valence-electron chi connectivity index (χ0n) is 53.3. The van der Waals surface area contributed by atoms with Crippen LogP contribution in [0.5, 0.6) is 0 Å². The molecule has 0 spiro atoms. The number of esters is 3. The molecular weight excluding hydrogens is 997 g/mol. The van der Waals surface area contributed by atoms with Gasteiger partial charge < -0.3 is 14.2 Å². The largest absolute Gasteiger partial charge is 0.462 e. The van der Waals surface area contributed by atoms with E-state index in [4.69, 9.17) is 14.2 Å². The molecule has 0 aliphatic heterocycles. The van der Waals surface area contributed by atoms with E-state index in [0.717, 1.165) is 128 Å². The predicted molar refractivity (Wildman–Crippen MR) is 353 cm³/mol. The van der Waals surface area contributed by atoms with Crippen LogP contribution in [0.2, 0.25) is 0 Å². The Kier molecular flexibility index (Phi) is 65.2. The summed E-state index contributed by atoms with van der Waals surface area (Å²) in [5.41, 5.74) is 0. The van der Waals surface area contributed by atoms with E-state index in [-0.39, 0.29) is 31.1 Å². The van der Waals surface area contributed by atoms with Crippen LogP contribution in [0.4, 0.5) is 0 Å². The average molecular weight is 1130 g/mol. The number of allylic oxidation sites excluding steroid dienone is 18. The Hall–Kier alpha value is -3.93. The van der Waals surface area contributed by atoms with Gasteiger partial charge in [0.15, 0.2) is 6.10 Å². The van der Waals surface area contributed by atoms with Crippen molar-refractivity contribution in [3.63, 3.8) is 0 Å². The first-order chi connectivity index (χ1) is 40.0. The molecule has 0 aliphatic rings. The van der Waals surface area contributed by atoms with Crippen molar-refractivity contribution in [2.75, 3.05) is 13.2 Å². The van der Waals surface area contributed by atoms with Crippen LogP contribution in [0.15, 0.2) is 109 Å². The first-order valence-electron chi connectivity index (χ1n) is 34.4. The second-order valence-electron chi connectivity index (χ2n) is 22.7. The molecule has 464 valence electrons. The standard InChI is InChI=1S/C75H128O6/c1-4-7-10-13-16-19-22-25-28-29-30-31-32-33-34-35-36-37-38-39-40-41-42-43-44-45-46-47-48-51-53-56-59-62-65-68-74(77)80-71-72(81-75(78)69-66-63-60-57-54-50-27-24-21-18-15-12-9-6-3)70-79-73(76)67-64-61-58-55-52-49-26-23-20-17-14-11-8-5-2/h7,10,15-16,18-19,24-25,27-28,30-31,33-34,36-37,39-40,72H,4-6,8-9,11-14,17,20-23,26,29,32,35,38,41-71H2,1-3H3/b10-7-,18-15-,19-16-,27-24-,28-25-,31-30-,34-33-,37-36-,40-39-. The van der Waals surface area contributed by atoms with Gasteiger partial charge in [0.05, 0.1) is 0 Å². The molecule has 0 aromatic carbocycles. The molecule has 81 heavy (non-hydrogen) atoms. The van der Waals surface area contributed by atoms with E-state index in [1.165, 1.54) is 161 Å². The number of carbonyl (C=O) groups excluding carboxylic acids is 3. The zero-order chi connectivity index (χ0) is 58.5. The van der Waals surface area contributed by atoms with Gasteiger partial charge in [0.25, 0.3) is 0 Å². The highest BCUT2D eigenvalue weighted by molar-refractivity contribution is 5.71. The molecule has 0 saturated carbocycles. The second kappa shape index (κ2) is 68.6. The summed E-state index contributed by atoms with van der Waals surface area (Å²) in [5.74, 6) is -0.883. The van der Waals surface area contributed by atoms with Gasteiger partial charge in [-0.25, -0.2) is 0 Å². The Labute approximate surface area is 501 Å². The lowest BCUT2D eigenvalue weighted by atomic mass is 10.0. The fourth-order valence-corrected chi connectivity index (χ4v) is 9.62. The summed E-state index contributed by atoms with van der Waals surface area (Å²) >= 11 is 0. The summed E-state index contributed by atoms with van der Waals surface area (Å²) in [7, 11) is 0. The third kappa shape index (κ3) is 66.8. The lowest BCUT2D eigenvalue weighted by molar-refractivity contribution is -0.167. The van der Waals surface area contributed by atoms with Crippen LogP contribution < -0.4 is 0 Å². The van der Waals surface area contributed by atoms with E-state index in [0.29, 0.717) is 19.3 Å². The molecule has 0 aromatic rings. The van der Waals surface area contributed by atoms with Crippen LogP contribution in [0, 0.1) is 0 Å². The van der Waals surface area contributed by atoms with Crippen molar-refractivity contribution in [3.05, 3.63) is 109 Å². The number of unbranched alkanes of at least 4 members (excludes halogenated alkanes) is 33. The van der Waals surface area contributed by atoms with Crippen molar-refractivity contribution in [1.82, 2.24) is 0 Å². The molecule has 0 heterocycles. The van der Waals surface area contributed by atoms with Crippen molar-refractivity contribution in [2.24, 2.45) is 0 Å². The molecule has 0 bridgehead atoms. The number of hydrogen-bond donors (Lipinski definition) is 0. The topological polar surface area (TPSA) is 78.9 Å². The van der Waals surface area contributed by atoms with Crippen LogP contribution in [0.25, 0.3) is 0 Å². The predicted octanol–water partition coefficient (Wildman–Crippen LogP) is 23.8. The van der Waals surface area contributed by atoms with Crippen molar-refractivity contribution in [2.45, 2.75) is 335 Å². The average Bonchev–Trinajstić information content (AvgIpc) is 3.47. The SMILES string of the molecule is CC/C=C\C/C=C\C/C=C\C/C=C\C/C=C\C/C=C\C/C=C\CCCCCCCCCCCCCCCC(=O)OCC(COC(=O)CCCCCCCCCCCCCCCC)OC(=O)CCCCCCC/C=C\C/C=C\CCCC. The summed E-state index contributed by atoms with van der Waals surface area (Å²) in [4.78, 5) is 38.3. The zero-order valence-corrected chi connectivity index (χ0v) is 53.3. The maximum Gasteiger partial charge on any atom is 0.306 e. The lowest BCUT2D eigenvalue weighted by Crippen LogP contribution is -2.30. The Bertz CT molecular complexity index is 1620. The van der Waals surface area contributed by atoms with E-state index in [1.54, 1.807) is 0 Å². The quantitative estimate of drug-likeness (QED) is 0.0261. The lowest BCUT2D eigenvalue weighted by Gasteiger charge is -2.18. The Balaban J connectivity index is 4.17. The maximum atomic E-state index is 12.9. The summed E-state index contributed by atoms with van der Waals surface area (Å²) in [5, 5.41) is 0. The molecule has 1 unspecified atom stereocenters. The normalized spacial score (nSPS) is 12.8. The molecule has 0 saturated heterocycles. The van der Waals surface area contributed by atoms with Crippen molar-refractivity contribution >= 4 is 17.9 Å². The van der Waals surface area contributed by atoms with Gasteiger partial charge in [-0.15, -0.1) is 0 Å². The monoisotopic (exact) mass is 1120 g/mol. The van der Waals surface area contributed by atoms with Gasteiger partial charge in [0, 0.05) is 19.3 Å². The molecule has 6 nitrogen and oxygen atoms in total. The van der Waals surface area contributed by atoms with Crippen LogP contribution in [-0.2, 0) is 28.6 Å². The number of ether oxygens (including phenoxy) is 3. The van der Waals surface area contributed by atoms with Crippen LogP contribution >= 0.6 is 0 Å². The van der Waals surface area contributed by atoms with Crippen LogP contribution in [0.1, 0.15) is 329 Å². The molecule has 0 amide bonds. The molecule has 0 rings (SSSR count). The minimum atomic E-state index is -0.784. The van der Waals surface area contributed by atoms with E-state index in [9.17, 15) is 14.4 Å². The highest BCUT2D eigenvalue weighted by atomic mass is 16.6. The first-order valence-corrected chi connectivity index (χ1v) is 34.4. The number of carbonyl (C=O) groups is 3. The van der Waals surface area contributed by atoms with Gasteiger partial charge in [-0.3, -0.25) is 14.4 Å². The van der Waals surface area contributed by atoms with Gasteiger partial charge in [-0.05, 0) is 103 Å². The maximum absolute atomic E-state index is 12.9. The Morgan fingerprint density at radius 2 is 0.494 bits per heavy atom. The smallest absolute Gasteiger partial charge is 0.306 e. The van der Waals surface area contributed by atoms with Gasteiger partial charge >= 0.3 is 17.9 Å². The number of hydrogen-bond acceptors (Lipinski definition) is 6. The first kappa shape index (κ1) is 77.1. The van der Waals surface area contributed by atoms with E-state index >= 15 is 0 Å². The van der Waals surface area contributed by atoms with Crippen molar-refractivity contribution in [3.8, 4) is 0 Å². The molecule has 0 fully saturated rings. The summed E-state index contributed by atoms with van der Waals surface area (Å²) < 4.78 is 16.9. The van der Waals surface area contributed by atoms with Crippen molar-refractivity contribution < 1.29 is 28.6 Å². The molecule has 6 heteroatoms. The second-order valence-corrected chi connectivity index (χ2v) is 22.7. The minimum absolute atomic E-state index is 0.0797. The highest BCUT2D eigenvalue weighted by Gasteiger charge is 2.19. The third-order valence-corrected chi connectivity index (χ3v) is 14.8. The number of rotatable bonds is 62. The molecule has 0 aromatic heterocycles. The van der Waals surface area contributed by atoms with Crippen molar-refractivity contribution in [1.29, 1.82) is 0 Å². The van der Waals surface area contributed by atoms with Gasteiger partial charge in [0.2, 0.25) is 0 Å². The third-order valence-electron chi connectivity index (χ3n) is 14.8. The Morgan fingerprint density at radius 1 is 0.259 bits per heavy atom. The van der Waals surface area contributed by atoms with Gasteiger partial charge in [-0.1, -0.05) is 316 Å². The van der Waals surface area contributed by atoms with E-state index in [2.05, 4.69) is 130 Å². The van der Waals surface area contributed by atoms with E-state index in [1.807, 2.05) is 0 Å². The molecule has 0 aliphatic carbocycles. The van der Waals surface area contributed by atoms with Gasteiger partial charge in [0.1, 0.15) is 13.2 Å².